The standard InChI is InChI=1S/C74H64N2O14S2/c77-63-49-29-45-25-13-14-26-46(45)30-50(49)64(78)61(63)75-59-35-55-67(91-59)53-34-58-54(33-57(53)89-73(55,69(81)85-37-41-17-5-1-6-18-41)70(82)86-38-42-19-7-2-8-20-42)68-56(36-60(92-68)76-62-65(79)51-31-47-27-15-16-28-48(47)32-52(51)66(62)80)74(90-58,71(83)87-39-43-21-9-3-10-22-43)72(84)88-40-44-23-11-4-12-24-44/h1-12,17-24,33-36,45-52H,13-16,25-32,37-40H2. The molecule has 6 fully saturated rings. The third-order valence-corrected chi connectivity index (χ3v) is 22.5. The molecule has 466 valence electrons. The Morgan fingerprint density at radius 3 is 0.946 bits per heavy atom. The third-order valence-electron chi connectivity index (χ3n) is 20.4. The number of Topliss-reactive ketones (excluding diaryl/α,β-unsaturated/α-hetero) is 4. The summed E-state index contributed by atoms with van der Waals surface area (Å²) in [6.07, 6.45) is 10.8. The molecule has 0 radical (unpaired) electrons. The summed E-state index contributed by atoms with van der Waals surface area (Å²) in [4.78, 5) is 130. The van der Waals surface area contributed by atoms with Crippen LogP contribution in [0, 0.1) is 47.3 Å². The van der Waals surface area contributed by atoms with Gasteiger partial charge in [-0.05, 0) is 95.9 Å². The van der Waals surface area contributed by atoms with E-state index in [0.717, 1.165) is 74.0 Å². The largest absolute Gasteiger partial charge is 0.459 e. The second-order valence-electron chi connectivity index (χ2n) is 25.7. The average Bonchev–Trinajstić information content (AvgIpc) is 1.32. The van der Waals surface area contributed by atoms with Gasteiger partial charge < -0.3 is 28.4 Å². The van der Waals surface area contributed by atoms with E-state index in [1.807, 2.05) is 24.3 Å². The first kappa shape index (κ1) is 59.3. The van der Waals surface area contributed by atoms with Gasteiger partial charge in [0.25, 0.3) is 0 Å². The number of hydrogen-bond donors (Lipinski definition) is 0. The normalized spacial score (nSPS) is 24.3. The van der Waals surface area contributed by atoms with E-state index in [1.165, 1.54) is 24.3 Å². The minimum Gasteiger partial charge on any atom is -0.459 e. The number of rotatable bonds is 14. The molecule has 8 atom stereocenters. The molecule has 8 unspecified atom stereocenters. The summed E-state index contributed by atoms with van der Waals surface area (Å²) in [7, 11) is 0. The molecule has 18 heteroatoms. The first-order chi connectivity index (χ1) is 44.8. The number of hydrogen-bond acceptors (Lipinski definition) is 18. The highest BCUT2D eigenvalue weighted by Gasteiger charge is 2.62. The van der Waals surface area contributed by atoms with Gasteiger partial charge in [-0.3, -0.25) is 19.2 Å². The van der Waals surface area contributed by atoms with Gasteiger partial charge in [-0.1, -0.05) is 173 Å². The molecule has 16 nitrogen and oxygen atoms in total. The Morgan fingerprint density at radius 1 is 0.402 bits per heavy atom. The molecule has 2 aliphatic heterocycles. The molecule has 8 aliphatic rings. The van der Waals surface area contributed by atoms with E-state index in [0.29, 0.717) is 71.6 Å². The molecule has 0 saturated heterocycles. The highest BCUT2D eigenvalue weighted by atomic mass is 32.1. The molecule has 0 spiro atoms. The Morgan fingerprint density at radius 2 is 0.674 bits per heavy atom. The van der Waals surface area contributed by atoms with Crippen LogP contribution in [0.15, 0.2) is 156 Å². The number of fused-ring (bicyclic) bond motifs is 10. The maximum Gasteiger partial charge on any atom is 0.367 e. The molecule has 0 amide bonds. The maximum atomic E-state index is 15.5. The minimum absolute atomic E-state index is 0.0828. The van der Waals surface area contributed by atoms with E-state index in [-0.39, 0.29) is 114 Å². The first-order valence-electron chi connectivity index (χ1n) is 31.9. The predicted octanol–water partition coefficient (Wildman–Crippen LogP) is 13.4. The highest BCUT2D eigenvalue weighted by molar-refractivity contribution is 7.20. The lowest BCUT2D eigenvalue weighted by atomic mass is 9.64. The van der Waals surface area contributed by atoms with Crippen LogP contribution in [-0.4, -0.2) is 58.4 Å². The van der Waals surface area contributed by atoms with Crippen molar-refractivity contribution in [1.82, 2.24) is 0 Å². The van der Waals surface area contributed by atoms with Crippen molar-refractivity contribution in [3.05, 3.63) is 179 Å². The van der Waals surface area contributed by atoms with Crippen LogP contribution in [-0.2, 0) is 94.9 Å². The summed E-state index contributed by atoms with van der Waals surface area (Å²) in [5.74, 6) is -6.80. The smallest absolute Gasteiger partial charge is 0.367 e. The molecule has 2 aromatic heterocycles. The van der Waals surface area contributed by atoms with Gasteiger partial charge in [0.2, 0.25) is 0 Å². The molecular weight excluding hydrogens is 1200 g/mol. The highest BCUT2D eigenvalue weighted by Crippen LogP contribution is 2.60. The number of aliphatic imine (C=N–C) groups is 2. The molecular formula is C74H64N2O14S2. The lowest BCUT2D eigenvalue weighted by Crippen LogP contribution is -2.52. The third kappa shape index (κ3) is 10.4. The average molecular weight is 1270 g/mol. The van der Waals surface area contributed by atoms with Gasteiger partial charge in [0.1, 0.15) is 47.9 Å². The summed E-state index contributed by atoms with van der Waals surface area (Å²) in [6, 6.07) is 41.5. The van der Waals surface area contributed by atoms with Gasteiger partial charge >= 0.3 is 35.1 Å². The Hall–Kier alpha value is -9.00. The fourth-order valence-corrected chi connectivity index (χ4v) is 17.9. The van der Waals surface area contributed by atoms with Crippen molar-refractivity contribution >= 4 is 91.1 Å². The van der Waals surface area contributed by atoms with Crippen LogP contribution in [0.25, 0.3) is 20.9 Å². The molecule has 0 bridgehead atoms. The first-order valence-corrected chi connectivity index (χ1v) is 33.5. The van der Waals surface area contributed by atoms with E-state index in [9.17, 15) is 19.2 Å². The lowest BCUT2D eigenvalue weighted by molar-refractivity contribution is -0.185. The molecule has 0 N–H and O–H groups in total. The van der Waals surface area contributed by atoms with Crippen molar-refractivity contribution in [2.75, 3.05) is 0 Å². The number of benzene rings is 5. The van der Waals surface area contributed by atoms with Crippen LogP contribution < -0.4 is 9.47 Å². The Bertz CT molecular complexity index is 3760. The minimum atomic E-state index is -2.74. The number of nitrogens with zero attached hydrogens (tertiary/aromatic N) is 2. The zero-order valence-corrected chi connectivity index (χ0v) is 51.8. The van der Waals surface area contributed by atoms with Gasteiger partial charge in [0.05, 0.1) is 0 Å². The molecule has 5 aromatic carbocycles. The second kappa shape index (κ2) is 24.2. The zero-order chi connectivity index (χ0) is 62.8. The van der Waals surface area contributed by atoms with E-state index >= 15 is 19.2 Å². The number of ether oxygens (including phenoxy) is 6. The number of thiophene rings is 2. The Kier molecular flexibility index (Phi) is 15.6. The van der Waals surface area contributed by atoms with E-state index in [4.69, 9.17) is 38.4 Å². The van der Waals surface area contributed by atoms with Gasteiger partial charge in [-0.15, -0.1) is 22.7 Å². The predicted molar refractivity (Wildman–Crippen MR) is 340 cm³/mol. The van der Waals surface area contributed by atoms with Crippen LogP contribution in [0.2, 0.25) is 0 Å². The topological polar surface area (TPSA) is 217 Å². The molecule has 6 aliphatic carbocycles. The van der Waals surface area contributed by atoms with Crippen molar-refractivity contribution in [1.29, 1.82) is 0 Å². The van der Waals surface area contributed by atoms with Crippen molar-refractivity contribution in [2.24, 2.45) is 57.3 Å². The summed E-state index contributed by atoms with van der Waals surface area (Å²) < 4.78 is 38.4. The Balaban J connectivity index is 0.900. The van der Waals surface area contributed by atoms with Crippen molar-refractivity contribution < 1.29 is 66.8 Å². The molecule has 4 heterocycles. The van der Waals surface area contributed by atoms with Gasteiger partial charge in [-0.2, -0.15) is 0 Å². The molecule has 92 heavy (non-hydrogen) atoms. The second-order valence-corrected chi connectivity index (χ2v) is 27.7. The number of ketones is 4. The summed E-state index contributed by atoms with van der Waals surface area (Å²) in [5.41, 5.74) is -3.27. The van der Waals surface area contributed by atoms with Crippen molar-refractivity contribution in [3.8, 4) is 32.4 Å². The fourth-order valence-electron chi connectivity index (χ4n) is 15.7. The summed E-state index contributed by atoms with van der Waals surface area (Å²) >= 11 is 1.96. The van der Waals surface area contributed by atoms with E-state index < -0.39 is 58.8 Å². The monoisotopic (exact) mass is 1270 g/mol. The van der Waals surface area contributed by atoms with Crippen LogP contribution in [0.1, 0.15) is 110 Å². The van der Waals surface area contributed by atoms with Gasteiger partial charge in [0.15, 0.2) is 34.6 Å². The van der Waals surface area contributed by atoms with Crippen molar-refractivity contribution in [2.45, 2.75) is 115 Å². The SMILES string of the molecule is O=C1C(=Nc2cc3c(s2)-c2cc4c(cc2OC3(C(=O)OCc2ccccc2)C(=O)OCc2ccccc2)-c2sc(N=C3C(=O)C5CC6CCCCC6CC5C3=O)cc2C(C(=O)OCc2ccccc2)(C(=O)OCc2ccccc2)O4)C(=O)C2CC3CCCCC3CC12. The van der Waals surface area contributed by atoms with E-state index in [1.54, 1.807) is 97.1 Å². The van der Waals surface area contributed by atoms with Crippen LogP contribution in [0.3, 0.4) is 0 Å². The fraction of sp³-hybridized carbons (Fsp3) is 0.351. The summed E-state index contributed by atoms with van der Waals surface area (Å²) in [5, 5.41) is 0.187. The molecule has 7 aromatic rings. The molecule has 15 rings (SSSR count). The van der Waals surface area contributed by atoms with Crippen molar-refractivity contribution in [3.63, 3.8) is 0 Å². The molecule has 6 saturated carbocycles. The van der Waals surface area contributed by atoms with Gasteiger partial charge in [0, 0.05) is 55.7 Å². The van der Waals surface area contributed by atoms with Crippen LogP contribution >= 0.6 is 22.7 Å². The maximum absolute atomic E-state index is 15.5. The Labute approximate surface area is 538 Å². The van der Waals surface area contributed by atoms with Crippen LogP contribution in [0.5, 0.6) is 11.5 Å². The quantitative estimate of drug-likeness (QED) is 0.0562. The number of carbonyl (C=O) groups excluding carboxylic acids is 8. The number of carbonyl (C=O) groups is 8. The van der Waals surface area contributed by atoms with Gasteiger partial charge in [-0.25, -0.2) is 29.2 Å². The van der Waals surface area contributed by atoms with Crippen LogP contribution in [0.4, 0.5) is 10.0 Å². The summed E-state index contributed by atoms with van der Waals surface area (Å²) in [6.45, 7) is -1.15. The zero-order valence-electron chi connectivity index (χ0n) is 50.2. The number of esters is 4. The van der Waals surface area contributed by atoms with E-state index in [2.05, 4.69) is 0 Å². The lowest BCUT2D eigenvalue weighted by Gasteiger charge is -2.39.